The number of nitrogens with zero attached hydrogens (tertiary/aromatic N) is 2. The van der Waals surface area contributed by atoms with Gasteiger partial charge in [-0.1, -0.05) is 6.92 Å². The molecule has 1 heterocycles. The molecule has 20 heavy (non-hydrogen) atoms. The molecule has 7 heteroatoms. The van der Waals surface area contributed by atoms with Crippen molar-refractivity contribution in [2.45, 2.75) is 32.2 Å². The largest absolute Gasteiger partial charge is 0.424 e. The van der Waals surface area contributed by atoms with Gasteiger partial charge in [0.05, 0.1) is 4.92 Å². The highest BCUT2D eigenvalue weighted by atomic mass is 16.6. The van der Waals surface area contributed by atoms with Crippen molar-refractivity contribution in [1.29, 1.82) is 0 Å². The smallest absolute Gasteiger partial charge is 0.296 e. The standard InChI is InChI=1S/C13H17N3O4/c1-3-13(2,6-7-17)15-12-14-10-8-9(16(18)19)4-5-11(10)20-12/h4-5,8,17H,3,6-7H2,1-2H3,(H,14,15). The molecule has 1 atom stereocenters. The molecule has 0 radical (unpaired) electrons. The summed E-state index contributed by atoms with van der Waals surface area (Å²) in [6.45, 7) is 4.01. The van der Waals surface area contributed by atoms with Crippen molar-refractivity contribution < 1.29 is 14.4 Å². The van der Waals surface area contributed by atoms with Crippen LogP contribution < -0.4 is 5.32 Å². The molecule has 2 aromatic rings. The summed E-state index contributed by atoms with van der Waals surface area (Å²) in [6, 6.07) is 4.59. The molecule has 0 saturated carbocycles. The Hall–Kier alpha value is -2.15. The van der Waals surface area contributed by atoms with E-state index >= 15 is 0 Å². The van der Waals surface area contributed by atoms with Crippen molar-refractivity contribution in [2.75, 3.05) is 11.9 Å². The first-order chi connectivity index (χ1) is 9.47. The van der Waals surface area contributed by atoms with Gasteiger partial charge < -0.3 is 14.8 Å². The molecule has 0 bridgehead atoms. The number of fused-ring (bicyclic) bond motifs is 1. The van der Waals surface area contributed by atoms with Crippen LogP contribution in [0.3, 0.4) is 0 Å². The molecule has 1 unspecified atom stereocenters. The molecule has 0 saturated heterocycles. The number of rotatable bonds is 6. The van der Waals surface area contributed by atoms with E-state index in [0.717, 1.165) is 6.42 Å². The quantitative estimate of drug-likeness (QED) is 0.622. The van der Waals surface area contributed by atoms with E-state index in [9.17, 15) is 10.1 Å². The second-order valence-corrected chi connectivity index (χ2v) is 4.94. The number of benzene rings is 1. The Labute approximate surface area is 115 Å². The molecular weight excluding hydrogens is 262 g/mol. The number of hydrogen-bond acceptors (Lipinski definition) is 6. The Kier molecular flexibility index (Phi) is 3.89. The maximum Gasteiger partial charge on any atom is 0.296 e. The SMILES string of the molecule is CCC(C)(CCO)Nc1nc2cc([N+](=O)[O-])ccc2o1. The summed E-state index contributed by atoms with van der Waals surface area (Å²) in [5, 5.41) is 22.9. The van der Waals surface area contributed by atoms with Crippen LogP contribution in [0, 0.1) is 10.1 Å². The average molecular weight is 279 g/mol. The number of oxazole rings is 1. The van der Waals surface area contributed by atoms with Crippen molar-refractivity contribution in [3.63, 3.8) is 0 Å². The van der Waals surface area contributed by atoms with E-state index in [4.69, 9.17) is 9.52 Å². The Bertz CT molecular complexity index is 625. The van der Waals surface area contributed by atoms with E-state index in [1.165, 1.54) is 18.2 Å². The highest BCUT2D eigenvalue weighted by molar-refractivity contribution is 5.77. The van der Waals surface area contributed by atoms with Gasteiger partial charge in [-0.3, -0.25) is 10.1 Å². The van der Waals surface area contributed by atoms with Crippen molar-refractivity contribution in [1.82, 2.24) is 4.98 Å². The van der Waals surface area contributed by atoms with Gasteiger partial charge in [0.1, 0.15) is 5.52 Å². The number of nitrogens with one attached hydrogen (secondary N) is 1. The number of aliphatic hydroxyl groups is 1. The second-order valence-electron chi connectivity index (χ2n) is 4.94. The summed E-state index contributed by atoms with van der Waals surface area (Å²) in [5.41, 5.74) is 0.567. The number of aliphatic hydroxyl groups excluding tert-OH is 1. The van der Waals surface area contributed by atoms with Gasteiger partial charge >= 0.3 is 0 Å². The van der Waals surface area contributed by atoms with Gasteiger partial charge in [0.15, 0.2) is 5.58 Å². The summed E-state index contributed by atoms with van der Waals surface area (Å²) >= 11 is 0. The van der Waals surface area contributed by atoms with E-state index in [2.05, 4.69) is 10.3 Å². The molecule has 7 nitrogen and oxygen atoms in total. The topological polar surface area (TPSA) is 101 Å². The van der Waals surface area contributed by atoms with Gasteiger partial charge in [0.25, 0.3) is 11.7 Å². The number of non-ortho nitro benzene ring substituents is 1. The zero-order valence-corrected chi connectivity index (χ0v) is 11.4. The molecule has 0 aliphatic carbocycles. The monoisotopic (exact) mass is 279 g/mol. The van der Waals surface area contributed by atoms with E-state index < -0.39 is 4.92 Å². The average Bonchev–Trinajstić information content (AvgIpc) is 2.79. The molecule has 2 N–H and O–H groups in total. The lowest BCUT2D eigenvalue weighted by atomic mass is 9.95. The molecule has 1 aromatic heterocycles. The number of nitro benzene ring substituents is 1. The molecular formula is C13H17N3O4. The maximum atomic E-state index is 10.7. The summed E-state index contributed by atoms with van der Waals surface area (Å²) in [6.07, 6.45) is 1.34. The summed E-state index contributed by atoms with van der Waals surface area (Å²) in [7, 11) is 0. The molecule has 2 rings (SSSR count). The highest BCUT2D eigenvalue weighted by Crippen LogP contribution is 2.27. The van der Waals surface area contributed by atoms with Crippen molar-refractivity contribution in [3.8, 4) is 0 Å². The lowest BCUT2D eigenvalue weighted by Gasteiger charge is -2.27. The van der Waals surface area contributed by atoms with Crippen LogP contribution in [0.25, 0.3) is 11.1 Å². The highest BCUT2D eigenvalue weighted by Gasteiger charge is 2.23. The summed E-state index contributed by atoms with van der Waals surface area (Å²) in [5.74, 6) is 0. The number of nitro groups is 1. The first kappa shape index (κ1) is 14.3. The third-order valence-electron chi connectivity index (χ3n) is 3.43. The fraction of sp³-hybridized carbons (Fsp3) is 0.462. The minimum atomic E-state index is -0.469. The summed E-state index contributed by atoms with van der Waals surface area (Å²) < 4.78 is 5.52. The normalized spacial score (nSPS) is 14.2. The van der Waals surface area contributed by atoms with Gasteiger partial charge in [-0.15, -0.1) is 0 Å². The van der Waals surface area contributed by atoms with Gasteiger partial charge in [0, 0.05) is 24.3 Å². The molecule has 1 aromatic carbocycles. The molecule has 0 amide bonds. The fourth-order valence-electron chi connectivity index (χ4n) is 1.92. The predicted octanol–water partition coefficient (Wildman–Crippen LogP) is 2.70. The Balaban J connectivity index is 2.29. The van der Waals surface area contributed by atoms with E-state index in [1.807, 2.05) is 13.8 Å². The van der Waals surface area contributed by atoms with Crippen LogP contribution in [0.4, 0.5) is 11.7 Å². The number of anilines is 1. The first-order valence-electron chi connectivity index (χ1n) is 6.41. The van der Waals surface area contributed by atoms with Crippen LogP contribution in [0.15, 0.2) is 22.6 Å². The van der Waals surface area contributed by atoms with Gasteiger partial charge in [0.2, 0.25) is 0 Å². The predicted molar refractivity (Wildman–Crippen MR) is 74.7 cm³/mol. The van der Waals surface area contributed by atoms with Gasteiger partial charge in [-0.05, 0) is 25.8 Å². The summed E-state index contributed by atoms with van der Waals surface area (Å²) in [4.78, 5) is 14.5. The molecule has 0 aliphatic heterocycles. The van der Waals surface area contributed by atoms with Gasteiger partial charge in [-0.2, -0.15) is 4.98 Å². The third kappa shape index (κ3) is 2.88. The number of hydrogen-bond donors (Lipinski definition) is 2. The minimum absolute atomic E-state index is 0.0223. The Morgan fingerprint density at radius 2 is 2.30 bits per heavy atom. The molecule has 0 aliphatic rings. The zero-order valence-electron chi connectivity index (χ0n) is 11.4. The molecule has 0 spiro atoms. The molecule has 108 valence electrons. The lowest BCUT2D eigenvalue weighted by Crippen LogP contribution is -2.35. The van der Waals surface area contributed by atoms with E-state index in [1.54, 1.807) is 0 Å². The fourth-order valence-corrected chi connectivity index (χ4v) is 1.92. The van der Waals surface area contributed by atoms with Crippen molar-refractivity contribution in [3.05, 3.63) is 28.3 Å². The van der Waals surface area contributed by atoms with E-state index in [0.29, 0.717) is 23.5 Å². The first-order valence-corrected chi connectivity index (χ1v) is 6.41. The van der Waals surface area contributed by atoms with Crippen LogP contribution in [0.2, 0.25) is 0 Å². The number of aromatic nitrogens is 1. The second kappa shape index (κ2) is 5.46. The van der Waals surface area contributed by atoms with Gasteiger partial charge in [-0.25, -0.2) is 0 Å². The van der Waals surface area contributed by atoms with Crippen LogP contribution in [0.1, 0.15) is 26.7 Å². The maximum absolute atomic E-state index is 10.7. The van der Waals surface area contributed by atoms with Crippen molar-refractivity contribution in [2.24, 2.45) is 0 Å². The van der Waals surface area contributed by atoms with Crippen LogP contribution >= 0.6 is 0 Å². The molecule has 0 fully saturated rings. The third-order valence-corrected chi connectivity index (χ3v) is 3.43. The van der Waals surface area contributed by atoms with Crippen LogP contribution in [0.5, 0.6) is 0 Å². The minimum Gasteiger partial charge on any atom is -0.424 e. The Morgan fingerprint density at radius 3 is 2.90 bits per heavy atom. The lowest BCUT2D eigenvalue weighted by molar-refractivity contribution is -0.384. The van der Waals surface area contributed by atoms with Crippen LogP contribution in [-0.4, -0.2) is 27.2 Å². The van der Waals surface area contributed by atoms with E-state index in [-0.39, 0.29) is 17.8 Å². The van der Waals surface area contributed by atoms with Crippen molar-refractivity contribution >= 4 is 22.8 Å². The zero-order chi connectivity index (χ0) is 14.8. The van der Waals surface area contributed by atoms with Crippen LogP contribution in [-0.2, 0) is 0 Å². The Morgan fingerprint density at radius 1 is 1.55 bits per heavy atom.